The van der Waals surface area contributed by atoms with Crippen LogP contribution in [0, 0.1) is 5.82 Å². The number of amides is 1. The zero-order valence-corrected chi connectivity index (χ0v) is 17.2. The summed E-state index contributed by atoms with van der Waals surface area (Å²) in [7, 11) is 0. The first-order valence-electron chi connectivity index (χ1n) is 10.2. The lowest BCUT2D eigenvalue weighted by molar-refractivity contribution is -0.121. The molecule has 0 unspecified atom stereocenters. The van der Waals surface area contributed by atoms with Gasteiger partial charge in [0, 0.05) is 30.4 Å². The van der Waals surface area contributed by atoms with Gasteiger partial charge < -0.3 is 10.3 Å². The highest BCUT2D eigenvalue weighted by molar-refractivity contribution is 5.79. The molecule has 0 fully saturated rings. The number of aromatic amines is 1. The zero-order valence-electron chi connectivity index (χ0n) is 17.2. The highest BCUT2D eigenvalue weighted by atomic mass is 19.1. The summed E-state index contributed by atoms with van der Waals surface area (Å²) in [5.41, 5.74) is 2.10. The van der Waals surface area contributed by atoms with E-state index < -0.39 is 11.9 Å². The number of aromatic nitrogens is 3. The number of benzene rings is 2. The van der Waals surface area contributed by atoms with Crippen LogP contribution in [0.2, 0.25) is 0 Å². The Bertz CT molecular complexity index is 1260. The molecule has 0 aliphatic rings. The van der Waals surface area contributed by atoms with Gasteiger partial charge in [-0.3, -0.25) is 14.6 Å². The van der Waals surface area contributed by atoms with Crippen molar-refractivity contribution in [2.45, 2.75) is 18.9 Å². The Balaban J connectivity index is 1.59. The fourth-order valence-electron chi connectivity index (χ4n) is 3.46. The monoisotopic (exact) mass is 428 g/mol. The number of carbonyl (C=O) groups is 1. The van der Waals surface area contributed by atoms with E-state index in [1.807, 2.05) is 30.3 Å². The second-order valence-electron chi connectivity index (χ2n) is 7.33. The fraction of sp³-hybridized carbons (Fsp3) is 0.120. The zero-order chi connectivity index (χ0) is 22.3. The van der Waals surface area contributed by atoms with Crippen molar-refractivity contribution in [2.24, 2.45) is 0 Å². The molecule has 0 aliphatic heterocycles. The number of carbonyl (C=O) groups excluding carboxylic acids is 1. The molecule has 0 aliphatic carbocycles. The Labute approximate surface area is 184 Å². The molecule has 2 aromatic heterocycles. The Morgan fingerprint density at radius 3 is 2.56 bits per heavy atom. The van der Waals surface area contributed by atoms with E-state index in [9.17, 15) is 14.0 Å². The molecule has 0 spiro atoms. The molecule has 32 heavy (non-hydrogen) atoms. The number of hydrogen-bond acceptors (Lipinski definition) is 4. The maximum absolute atomic E-state index is 14.0. The van der Waals surface area contributed by atoms with E-state index in [1.165, 1.54) is 12.1 Å². The minimum absolute atomic E-state index is 0.0836. The van der Waals surface area contributed by atoms with Crippen molar-refractivity contribution in [3.8, 4) is 11.4 Å². The normalized spacial score (nSPS) is 11.7. The Morgan fingerprint density at radius 1 is 1.03 bits per heavy atom. The quantitative estimate of drug-likeness (QED) is 0.471. The highest BCUT2D eigenvalue weighted by Crippen LogP contribution is 2.19. The molecular weight excluding hydrogens is 407 g/mol. The van der Waals surface area contributed by atoms with Crippen molar-refractivity contribution >= 4 is 5.91 Å². The molecule has 1 amide bonds. The summed E-state index contributed by atoms with van der Waals surface area (Å²) in [6.45, 7) is 0. The van der Waals surface area contributed by atoms with Crippen molar-refractivity contribution in [1.29, 1.82) is 0 Å². The lowest BCUT2D eigenvalue weighted by Gasteiger charge is -2.19. The third-order valence-corrected chi connectivity index (χ3v) is 4.99. The average molecular weight is 428 g/mol. The van der Waals surface area contributed by atoms with Crippen molar-refractivity contribution in [3.63, 3.8) is 0 Å². The fourth-order valence-corrected chi connectivity index (χ4v) is 3.46. The summed E-state index contributed by atoms with van der Waals surface area (Å²) >= 11 is 0. The van der Waals surface area contributed by atoms with Crippen LogP contribution in [0.1, 0.15) is 22.9 Å². The van der Waals surface area contributed by atoms with E-state index in [4.69, 9.17) is 0 Å². The third-order valence-electron chi connectivity index (χ3n) is 4.99. The summed E-state index contributed by atoms with van der Waals surface area (Å²) in [5, 5.41) is 2.97. The maximum atomic E-state index is 14.0. The predicted octanol–water partition coefficient (Wildman–Crippen LogP) is 3.61. The Hall–Kier alpha value is -4.13. The van der Waals surface area contributed by atoms with Gasteiger partial charge in [0.25, 0.3) is 5.56 Å². The Kier molecular flexibility index (Phi) is 6.46. The number of nitrogens with zero attached hydrogens (tertiary/aromatic N) is 2. The van der Waals surface area contributed by atoms with Gasteiger partial charge in [-0.15, -0.1) is 0 Å². The molecule has 7 heteroatoms. The molecule has 2 heterocycles. The molecule has 0 saturated heterocycles. The summed E-state index contributed by atoms with van der Waals surface area (Å²) in [6, 6.07) is 20.2. The first-order chi connectivity index (χ1) is 15.6. The van der Waals surface area contributed by atoms with Gasteiger partial charge in [0.05, 0.1) is 18.2 Å². The molecule has 1 atom stereocenters. The van der Waals surface area contributed by atoms with E-state index in [1.54, 1.807) is 42.7 Å². The SMILES string of the molecule is O=C(Cc1ccccc1F)N[C@@H](Cc1cc(=O)[nH]c(-c2cccnc2)n1)c1ccccc1. The number of halogens is 1. The summed E-state index contributed by atoms with van der Waals surface area (Å²) in [5.74, 6) is -0.331. The summed E-state index contributed by atoms with van der Waals surface area (Å²) in [6.07, 6.45) is 3.47. The molecule has 4 rings (SSSR count). The standard InChI is InChI=1S/C25H21FN4O2/c26-21-11-5-4-9-18(21)13-23(31)29-22(17-7-2-1-3-8-17)14-20-15-24(32)30-25(28-20)19-10-6-12-27-16-19/h1-12,15-16,22H,13-14H2,(H,29,31)(H,28,30,32)/t22-/m0/s1. The number of nitrogens with one attached hydrogen (secondary N) is 2. The van der Waals surface area contributed by atoms with Crippen LogP contribution in [0.4, 0.5) is 4.39 Å². The number of pyridine rings is 1. The van der Waals surface area contributed by atoms with Crippen molar-refractivity contribution in [3.05, 3.63) is 118 Å². The molecule has 6 nitrogen and oxygen atoms in total. The molecule has 4 aromatic rings. The number of hydrogen-bond donors (Lipinski definition) is 2. The summed E-state index contributed by atoms with van der Waals surface area (Å²) in [4.78, 5) is 36.3. The van der Waals surface area contributed by atoms with Crippen molar-refractivity contribution < 1.29 is 9.18 Å². The van der Waals surface area contributed by atoms with E-state index in [-0.39, 0.29) is 17.9 Å². The lowest BCUT2D eigenvalue weighted by atomic mass is 10.0. The predicted molar refractivity (Wildman–Crippen MR) is 119 cm³/mol. The van der Waals surface area contributed by atoms with E-state index >= 15 is 0 Å². The maximum Gasteiger partial charge on any atom is 0.251 e. The topological polar surface area (TPSA) is 87.7 Å². The van der Waals surface area contributed by atoms with Gasteiger partial charge in [-0.05, 0) is 29.3 Å². The first-order valence-corrected chi connectivity index (χ1v) is 10.2. The van der Waals surface area contributed by atoms with Crippen LogP contribution in [-0.2, 0) is 17.6 Å². The molecule has 0 bridgehead atoms. The van der Waals surface area contributed by atoms with Crippen LogP contribution in [-0.4, -0.2) is 20.9 Å². The van der Waals surface area contributed by atoms with Crippen LogP contribution in [0.5, 0.6) is 0 Å². The number of H-pyrrole nitrogens is 1. The van der Waals surface area contributed by atoms with Gasteiger partial charge in [-0.25, -0.2) is 9.37 Å². The van der Waals surface area contributed by atoms with Crippen LogP contribution < -0.4 is 10.9 Å². The minimum Gasteiger partial charge on any atom is -0.349 e. The van der Waals surface area contributed by atoms with Crippen LogP contribution in [0.25, 0.3) is 11.4 Å². The van der Waals surface area contributed by atoms with Crippen LogP contribution in [0.15, 0.2) is 90.0 Å². The van der Waals surface area contributed by atoms with E-state index in [0.29, 0.717) is 29.1 Å². The molecule has 0 saturated carbocycles. The largest absolute Gasteiger partial charge is 0.349 e. The van der Waals surface area contributed by atoms with Crippen molar-refractivity contribution in [1.82, 2.24) is 20.3 Å². The lowest BCUT2D eigenvalue weighted by Crippen LogP contribution is -2.32. The highest BCUT2D eigenvalue weighted by Gasteiger charge is 2.18. The molecule has 2 aromatic carbocycles. The number of rotatable bonds is 7. The van der Waals surface area contributed by atoms with E-state index in [2.05, 4.69) is 20.3 Å². The van der Waals surface area contributed by atoms with Gasteiger partial charge >= 0.3 is 0 Å². The molecular formula is C25H21FN4O2. The van der Waals surface area contributed by atoms with Crippen LogP contribution >= 0.6 is 0 Å². The Morgan fingerprint density at radius 2 is 1.81 bits per heavy atom. The second kappa shape index (κ2) is 9.78. The van der Waals surface area contributed by atoms with Crippen molar-refractivity contribution in [2.75, 3.05) is 0 Å². The van der Waals surface area contributed by atoms with Gasteiger partial charge in [0.2, 0.25) is 5.91 Å². The van der Waals surface area contributed by atoms with Gasteiger partial charge in [-0.2, -0.15) is 0 Å². The summed E-state index contributed by atoms with van der Waals surface area (Å²) < 4.78 is 14.0. The average Bonchev–Trinajstić information content (AvgIpc) is 2.81. The van der Waals surface area contributed by atoms with Crippen LogP contribution in [0.3, 0.4) is 0 Å². The third kappa shape index (κ3) is 5.31. The minimum atomic E-state index is -0.438. The smallest absolute Gasteiger partial charge is 0.251 e. The van der Waals surface area contributed by atoms with Gasteiger partial charge in [0.1, 0.15) is 11.6 Å². The molecule has 2 N–H and O–H groups in total. The molecule has 0 radical (unpaired) electrons. The van der Waals surface area contributed by atoms with Gasteiger partial charge in [0.15, 0.2) is 0 Å². The molecule has 160 valence electrons. The van der Waals surface area contributed by atoms with E-state index in [0.717, 1.165) is 5.56 Å². The first kappa shape index (κ1) is 21.1. The van der Waals surface area contributed by atoms with Gasteiger partial charge in [-0.1, -0.05) is 48.5 Å². The second-order valence-corrected chi connectivity index (χ2v) is 7.33.